The third-order valence-electron chi connectivity index (χ3n) is 2.55. The molecule has 0 aliphatic heterocycles. The number of anilines is 1. The summed E-state index contributed by atoms with van der Waals surface area (Å²) < 4.78 is 13.8. The van der Waals surface area contributed by atoms with Crippen LogP contribution in [0.1, 0.15) is 25.8 Å². The van der Waals surface area contributed by atoms with Gasteiger partial charge in [-0.1, -0.05) is 19.1 Å². The second-order valence-corrected chi connectivity index (χ2v) is 4.35. The van der Waals surface area contributed by atoms with Gasteiger partial charge in [0.2, 0.25) is 0 Å². The van der Waals surface area contributed by atoms with Gasteiger partial charge in [-0.2, -0.15) is 0 Å². The van der Waals surface area contributed by atoms with Gasteiger partial charge >= 0.3 is 0 Å². The Kier molecular flexibility index (Phi) is 4.74. The summed E-state index contributed by atoms with van der Waals surface area (Å²) in [5, 5.41) is 0. The molecule has 16 heavy (non-hydrogen) atoms. The van der Waals surface area contributed by atoms with E-state index in [0.717, 1.165) is 18.5 Å². The van der Waals surface area contributed by atoms with Gasteiger partial charge in [0.1, 0.15) is 5.82 Å². The van der Waals surface area contributed by atoms with Crippen molar-refractivity contribution in [3.8, 4) is 0 Å². The Morgan fingerprint density at radius 2 is 2.12 bits per heavy atom. The molecule has 2 N–H and O–H groups in total. The molecular weight excluding hydrogens is 203 g/mol. The van der Waals surface area contributed by atoms with Gasteiger partial charge in [0.25, 0.3) is 0 Å². The van der Waals surface area contributed by atoms with E-state index in [1.807, 2.05) is 24.9 Å². The Morgan fingerprint density at radius 3 is 2.69 bits per heavy atom. The summed E-state index contributed by atoms with van der Waals surface area (Å²) in [4.78, 5) is 1.97. The van der Waals surface area contributed by atoms with Crippen molar-refractivity contribution >= 4 is 5.69 Å². The van der Waals surface area contributed by atoms with E-state index < -0.39 is 0 Å². The fourth-order valence-electron chi connectivity index (χ4n) is 1.95. The second kappa shape index (κ2) is 5.85. The molecule has 1 aromatic carbocycles. The molecule has 1 atom stereocenters. The Bertz CT molecular complexity index is 337. The first kappa shape index (κ1) is 13.0. The molecule has 0 radical (unpaired) electrons. The molecule has 1 unspecified atom stereocenters. The first-order valence-corrected chi connectivity index (χ1v) is 5.80. The van der Waals surface area contributed by atoms with E-state index in [9.17, 15) is 4.39 Å². The summed E-state index contributed by atoms with van der Waals surface area (Å²) in [5.74, 6) is -0.158. The minimum atomic E-state index is -0.158. The molecule has 0 aliphatic carbocycles. The van der Waals surface area contributed by atoms with Crippen LogP contribution in [-0.2, 0) is 6.42 Å². The first-order chi connectivity index (χ1) is 7.56. The van der Waals surface area contributed by atoms with E-state index in [-0.39, 0.29) is 11.9 Å². The standard InChI is InChI=1S/C13H21FN2/c1-4-8-16(3)13-11(9-10(2)15)6-5-7-12(13)14/h5-7,10H,4,8-9,15H2,1-3H3. The second-order valence-electron chi connectivity index (χ2n) is 4.35. The van der Waals surface area contributed by atoms with Gasteiger partial charge in [0.15, 0.2) is 0 Å². The summed E-state index contributed by atoms with van der Waals surface area (Å²) in [6.07, 6.45) is 1.71. The van der Waals surface area contributed by atoms with Crippen LogP contribution in [0, 0.1) is 5.82 Å². The molecule has 2 nitrogen and oxygen atoms in total. The van der Waals surface area contributed by atoms with E-state index in [4.69, 9.17) is 5.73 Å². The molecule has 0 bridgehead atoms. The molecule has 90 valence electrons. The maximum absolute atomic E-state index is 13.8. The normalized spacial score (nSPS) is 12.6. The molecule has 0 aliphatic rings. The van der Waals surface area contributed by atoms with Crippen molar-refractivity contribution < 1.29 is 4.39 Å². The summed E-state index contributed by atoms with van der Waals surface area (Å²) in [5.41, 5.74) is 7.46. The Labute approximate surface area is 97.3 Å². The molecule has 0 aromatic heterocycles. The average Bonchev–Trinajstić information content (AvgIpc) is 2.16. The van der Waals surface area contributed by atoms with Crippen LogP contribution in [0.25, 0.3) is 0 Å². The van der Waals surface area contributed by atoms with Crippen LogP contribution in [0.3, 0.4) is 0 Å². The third kappa shape index (κ3) is 3.20. The van der Waals surface area contributed by atoms with Crippen LogP contribution in [0.15, 0.2) is 18.2 Å². The van der Waals surface area contributed by atoms with Gasteiger partial charge in [-0.3, -0.25) is 0 Å². The maximum Gasteiger partial charge on any atom is 0.146 e. The summed E-state index contributed by atoms with van der Waals surface area (Å²) >= 11 is 0. The molecule has 1 rings (SSSR count). The molecular formula is C13H21FN2. The van der Waals surface area contributed by atoms with Crippen molar-refractivity contribution in [2.24, 2.45) is 5.73 Å². The van der Waals surface area contributed by atoms with Gasteiger partial charge in [0, 0.05) is 19.6 Å². The lowest BCUT2D eigenvalue weighted by molar-refractivity contribution is 0.616. The van der Waals surface area contributed by atoms with Crippen molar-refractivity contribution in [1.29, 1.82) is 0 Å². The van der Waals surface area contributed by atoms with Gasteiger partial charge in [-0.25, -0.2) is 4.39 Å². The van der Waals surface area contributed by atoms with Crippen molar-refractivity contribution in [3.63, 3.8) is 0 Å². The maximum atomic E-state index is 13.8. The number of halogens is 1. The van der Waals surface area contributed by atoms with Crippen molar-refractivity contribution in [1.82, 2.24) is 0 Å². The zero-order chi connectivity index (χ0) is 12.1. The van der Waals surface area contributed by atoms with E-state index >= 15 is 0 Å². The fourth-order valence-corrected chi connectivity index (χ4v) is 1.95. The molecule has 0 heterocycles. The Morgan fingerprint density at radius 1 is 1.44 bits per heavy atom. The number of hydrogen-bond acceptors (Lipinski definition) is 2. The highest BCUT2D eigenvalue weighted by molar-refractivity contribution is 5.54. The van der Waals surface area contributed by atoms with Crippen LogP contribution >= 0.6 is 0 Å². The van der Waals surface area contributed by atoms with Crippen LogP contribution < -0.4 is 10.6 Å². The highest BCUT2D eigenvalue weighted by atomic mass is 19.1. The van der Waals surface area contributed by atoms with Gasteiger partial charge in [-0.15, -0.1) is 0 Å². The third-order valence-corrected chi connectivity index (χ3v) is 2.55. The number of rotatable bonds is 5. The minimum Gasteiger partial charge on any atom is -0.372 e. The summed E-state index contributed by atoms with van der Waals surface area (Å²) in [6.45, 7) is 4.88. The van der Waals surface area contributed by atoms with Crippen molar-refractivity contribution in [2.45, 2.75) is 32.7 Å². The lowest BCUT2D eigenvalue weighted by Crippen LogP contribution is -2.24. The molecule has 0 spiro atoms. The van der Waals surface area contributed by atoms with Crippen LogP contribution in [0.2, 0.25) is 0 Å². The van der Waals surface area contributed by atoms with E-state index in [0.29, 0.717) is 12.1 Å². The van der Waals surface area contributed by atoms with Gasteiger partial charge in [0.05, 0.1) is 5.69 Å². The highest BCUT2D eigenvalue weighted by Crippen LogP contribution is 2.24. The average molecular weight is 224 g/mol. The molecule has 0 amide bonds. The monoisotopic (exact) mass is 224 g/mol. The Balaban J connectivity index is 3.02. The van der Waals surface area contributed by atoms with Gasteiger partial charge < -0.3 is 10.6 Å². The number of para-hydroxylation sites is 1. The summed E-state index contributed by atoms with van der Waals surface area (Å²) in [6, 6.07) is 5.26. The van der Waals surface area contributed by atoms with Gasteiger partial charge in [-0.05, 0) is 31.4 Å². The Hall–Kier alpha value is -1.09. The highest BCUT2D eigenvalue weighted by Gasteiger charge is 2.13. The number of hydrogen-bond donors (Lipinski definition) is 1. The van der Waals surface area contributed by atoms with Crippen LogP contribution in [0.5, 0.6) is 0 Å². The predicted molar refractivity (Wildman–Crippen MR) is 67.3 cm³/mol. The van der Waals surface area contributed by atoms with Crippen LogP contribution in [-0.4, -0.2) is 19.6 Å². The number of nitrogens with zero attached hydrogens (tertiary/aromatic N) is 1. The van der Waals surface area contributed by atoms with E-state index in [2.05, 4.69) is 6.92 Å². The topological polar surface area (TPSA) is 29.3 Å². The number of nitrogens with two attached hydrogens (primary N) is 1. The van der Waals surface area contributed by atoms with Crippen molar-refractivity contribution in [2.75, 3.05) is 18.5 Å². The molecule has 3 heteroatoms. The van der Waals surface area contributed by atoms with E-state index in [1.54, 1.807) is 6.07 Å². The van der Waals surface area contributed by atoms with Crippen molar-refractivity contribution in [3.05, 3.63) is 29.6 Å². The SMILES string of the molecule is CCCN(C)c1c(F)cccc1CC(C)N. The quantitative estimate of drug-likeness (QED) is 0.833. The minimum absolute atomic E-state index is 0.0515. The fraction of sp³-hybridized carbons (Fsp3) is 0.538. The van der Waals surface area contributed by atoms with E-state index in [1.165, 1.54) is 6.07 Å². The first-order valence-electron chi connectivity index (χ1n) is 5.80. The molecule has 0 saturated heterocycles. The zero-order valence-corrected chi connectivity index (χ0v) is 10.3. The molecule has 1 aromatic rings. The smallest absolute Gasteiger partial charge is 0.146 e. The van der Waals surface area contributed by atoms with Crippen LogP contribution in [0.4, 0.5) is 10.1 Å². The zero-order valence-electron chi connectivity index (χ0n) is 10.3. The lowest BCUT2D eigenvalue weighted by Gasteiger charge is -2.23. The largest absolute Gasteiger partial charge is 0.372 e. The number of benzene rings is 1. The summed E-state index contributed by atoms with van der Waals surface area (Å²) in [7, 11) is 1.92. The lowest BCUT2D eigenvalue weighted by atomic mass is 10.0. The molecule has 0 fully saturated rings. The predicted octanol–water partition coefficient (Wildman–Crippen LogP) is 2.56. The molecule has 0 saturated carbocycles.